The zero-order chi connectivity index (χ0) is 15.6. The number of piperidine rings is 1. The topological polar surface area (TPSA) is 66.6 Å². The predicted molar refractivity (Wildman–Crippen MR) is 70.1 cm³/mol. The largest absolute Gasteiger partial charge is 0.423 e. The van der Waals surface area contributed by atoms with Gasteiger partial charge in [-0.15, -0.1) is 0 Å². The number of nitro groups is 1. The Morgan fingerprint density at radius 3 is 2.43 bits per heavy atom. The number of aliphatic hydroxyl groups is 1. The third-order valence-electron chi connectivity index (χ3n) is 3.72. The van der Waals surface area contributed by atoms with E-state index in [4.69, 9.17) is 5.11 Å². The van der Waals surface area contributed by atoms with E-state index < -0.39 is 22.4 Å². The minimum Gasteiger partial charge on any atom is -0.396 e. The van der Waals surface area contributed by atoms with Crippen LogP contribution >= 0.6 is 0 Å². The van der Waals surface area contributed by atoms with Gasteiger partial charge in [-0.3, -0.25) is 10.1 Å². The molecule has 8 heteroatoms. The predicted octanol–water partition coefficient (Wildman–Crippen LogP) is 2.82. The second kappa shape index (κ2) is 5.88. The molecule has 1 aliphatic heterocycles. The Morgan fingerprint density at radius 2 is 1.95 bits per heavy atom. The number of rotatable bonds is 3. The fourth-order valence-electron chi connectivity index (χ4n) is 2.48. The molecule has 0 saturated carbocycles. The molecule has 1 aromatic rings. The highest BCUT2D eigenvalue weighted by Crippen LogP contribution is 2.38. The van der Waals surface area contributed by atoms with Gasteiger partial charge in [0.2, 0.25) is 0 Å². The first-order valence-electron chi connectivity index (χ1n) is 6.54. The normalized spacial score (nSPS) is 17.0. The molecule has 1 heterocycles. The van der Waals surface area contributed by atoms with Gasteiger partial charge < -0.3 is 10.0 Å². The fraction of sp³-hybridized carbons (Fsp3) is 0.538. The Kier molecular flexibility index (Phi) is 4.36. The zero-order valence-electron chi connectivity index (χ0n) is 11.1. The molecule has 1 aliphatic rings. The highest BCUT2D eigenvalue weighted by Gasteiger charge is 2.38. The summed E-state index contributed by atoms with van der Waals surface area (Å²) in [7, 11) is 0. The molecule has 0 amide bonds. The van der Waals surface area contributed by atoms with Crippen molar-refractivity contribution in [3.05, 3.63) is 33.9 Å². The lowest BCUT2D eigenvalue weighted by Gasteiger charge is -2.33. The van der Waals surface area contributed by atoms with Crippen molar-refractivity contribution < 1.29 is 23.2 Å². The second-order valence-corrected chi connectivity index (χ2v) is 5.07. The monoisotopic (exact) mass is 304 g/mol. The summed E-state index contributed by atoms with van der Waals surface area (Å²) in [6, 6.07) is 3.07. The summed E-state index contributed by atoms with van der Waals surface area (Å²) in [6.07, 6.45) is -3.38. The SMILES string of the molecule is O=[N+]([O-])c1ccc(N2CCC(CO)CC2)cc1C(F)(F)F. The van der Waals surface area contributed by atoms with Gasteiger partial charge in [-0.2, -0.15) is 13.2 Å². The summed E-state index contributed by atoms with van der Waals surface area (Å²) in [6.45, 7) is 1.13. The molecule has 0 unspecified atom stereocenters. The van der Waals surface area contributed by atoms with Crippen LogP contribution in [0.25, 0.3) is 0 Å². The van der Waals surface area contributed by atoms with Gasteiger partial charge >= 0.3 is 6.18 Å². The molecule has 0 atom stereocenters. The van der Waals surface area contributed by atoms with Crippen molar-refractivity contribution in [1.82, 2.24) is 0 Å². The molecule has 5 nitrogen and oxygen atoms in total. The van der Waals surface area contributed by atoms with E-state index in [9.17, 15) is 23.3 Å². The van der Waals surface area contributed by atoms with E-state index >= 15 is 0 Å². The Balaban J connectivity index is 2.28. The molecule has 1 fully saturated rings. The van der Waals surface area contributed by atoms with Crippen LogP contribution in [0.5, 0.6) is 0 Å². The van der Waals surface area contributed by atoms with Crippen LogP contribution in [0.4, 0.5) is 24.5 Å². The first-order valence-corrected chi connectivity index (χ1v) is 6.54. The van der Waals surface area contributed by atoms with Gasteiger partial charge in [0.1, 0.15) is 5.56 Å². The number of aliphatic hydroxyl groups excluding tert-OH is 1. The van der Waals surface area contributed by atoms with Crippen LogP contribution in [0, 0.1) is 16.0 Å². The number of anilines is 1. The first-order chi connectivity index (χ1) is 9.82. The number of halogens is 3. The molecule has 0 bridgehead atoms. The Morgan fingerprint density at radius 1 is 1.33 bits per heavy atom. The molecule has 0 aliphatic carbocycles. The van der Waals surface area contributed by atoms with Crippen molar-refractivity contribution in [1.29, 1.82) is 0 Å². The van der Waals surface area contributed by atoms with Gasteiger partial charge in [-0.25, -0.2) is 0 Å². The third kappa shape index (κ3) is 3.44. The summed E-state index contributed by atoms with van der Waals surface area (Å²) in [5.74, 6) is 0.168. The van der Waals surface area contributed by atoms with Gasteiger partial charge in [0.25, 0.3) is 5.69 Å². The quantitative estimate of drug-likeness (QED) is 0.689. The smallest absolute Gasteiger partial charge is 0.396 e. The molecule has 116 valence electrons. The number of hydrogen-bond donors (Lipinski definition) is 1. The molecule has 21 heavy (non-hydrogen) atoms. The summed E-state index contributed by atoms with van der Waals surface area (Å²) in [5, 5.41) is 19.8. The average molecular weight is 304 g/mol. The maximum Gasteiger partial charge on any atom is 0.423 e. The van der Waals surface area contributed by atoms with Gasteiger partial charge in [-0.05, 0) is 30.9 Å². The van der Waals surface area contributed by atoms with Crippen LogP contribution in [-0.4, -0.2) is 29.7 Å². The molecular weight excluding hydrogens is 289 g/mol. The minimum atomic E-state index is -4.76. The van der Waals surface area contributed by atoms with Gasteiger partial charge in [-0.1, -0.05) is 0 Å². The van der Waals surface area contributed by atoms with Crippen LogP contribution < -0.4 is 4.90 Å². The van der Waals surface area contributed by atoms with E-state index in [1.807, 2.05) is 0 Å². The van der Waals surface area contributed by atoms with E-state index in [2.05, 4.69) is 0 Å². The number of nitro benzene ring substituents is 1. The van der Waals surface area contributed by atoms with Crippen LogP contribution in [-0.2, 0) is 6.18 Å². The third-order valence-corrected chi connectivity index (χ3v) is 3.72. The maximum atomic E-state index is 12.9. The van der Waals surface area contributed by atoms with Crippen molar-refractivity contribution in [2.45, 2.75) is 19.0 Å². The number of hydrogen-bond acceptors (Lipinski definition) is 4. The van der Waals surface area contributed by atoms with Crippen LogP contribution in [0.3, 0.4) is 0 Å². The first kappa shape index (κ1) is 15.6. The second-order valence-electron chi connectivity index (χ2n) is 5.07. The zero-order valence-corrected chi connectivity index (χ0v) is 11.1. The van der Waals surface area contributed by atoms with Gasteiger partial charge in [0, 0.05) is 31.5 Å². The highest BCUT2D eigenvalue weighted by atomic mass is 19.4. The summed E-state index contributed by atoms with van der Waals surface area (Å²) < 4.78 is 38.7. The lowest BCUT2D eigenvalue weighted by Crippen LogP contribution is -2.34. The molecular formula is C13H15F3N2O3. The van der Waals surface area contributed by atoms with E-state index in [0.29, 0.717) is 31.6 Å². The molecule has 1 saturated heterocycles. The van der Waals surface area contributed by atoms with Crippen LogP contribution in [0.1, 0.15) is 18.4 Å². The number of nitrogens with zero attached hydrogens (tertiary/aromatic N) is 2. The van der Waals surface area contributed by atoms with E-state index in [1.54, 1.807) is 4.90 Å². The van der Waals surface area contributed by atoms with E-state index in [0.717, 1.165) is 12.1 Å². The lowest BCUT2D eigenvalue weighted by atomic mass is 9.97. The summed E-state index contributed by atoms with van der Waals surface area (Å²) in [5.41, 5.74) is -1.84. The molecule has 2 rings (SSSR count). The highest BCUT2D eigenvalue weighted by molar-refractivity contribution is 5.57. The Bertz CT molecular complexity index is 526. The van der Waals surface area contributed by atoms with Crippen LogP contribution in [0.15, 0.2) is 18.2 Å². The lowest BCUT2D eigenvalue weighted by molar-refractivity contribution is -0.388. The molecule has 0 spiro atoms. The van der Waals surface area contributed by atoms with Crippen molar-refractivity contribution in [2.75, 3.05) is 24.6 Å². The van der Waals surface area contributed by atoms with Crippen molar-refractivity contribution in [3.8, 4) is 0 Å². The van der Waals surface area contributed by atoms with Crippen LogP contribution in [0.2, 0.25) is 0 Å². The maximum absolute atomic E-state index is 12.9. The van der Waals surface area contributed by atoms with E-state index in [-0.39, 0.29) is 12.5 Å². The Labute approximate surface area is 119 Å². The minimum absolute atomic E-state index is 0.0713. The van der Waals surface area contributed by atoms with E-state index in [1.165, 1.54) is 6.07 Å². The van der Waals surface area contributed by atoms with Crippen molar-refractivity contribution in [3.63, 3.8) is 0 Å². The molecule has 1 aromatic carbocycles. The standard InChI is InChI=1S/C13H15F3N2O3/c14-13(15,16)11-7-10(1-2-12(11)18(20)21)17-5-3-9(8-19)4-6-17/h1-2,7,9,19H,3-6,8H2. The van der Waals surface area contributed by atoms with Gasteiger partial charge in [0.15, 0.2) is 0 Å². The van der Waals surface area contributed by atoms with Crippen molar-refractivity contribution in [2.24, 2.45) is 5.92 Å². The molecule has 0 radical (unpaired) electrons. The summed E-state index contributed by atoms with van der Waals surface area (Å²) in [4.78, 5) is 11.4. The molecule has 1 N–H and O–H groups in total. The van der Waals surface area contributed by atoms with Gasteiger partial charge in [0.05, 0.1) is 4.92 Å². The summed E-state index contributed by atoms with van der Waals surface area (Å²) >= 11 is 0. The number of benzene rings is 1. The fourth-order valence-corrected chi connectivity index (χ4v) is 2.48. The molecule has 0 aromatic heterocycles. The van der Waals surface area contributed by atoms with Crippen molar-refractivity contribution >= 4 is 11.4 Å². The number of alkyl halides is 3. The Hall–Kier alpha value is -1.83. The average Bonchev–Trinajstić information content (AvgIpc) is 2.45.